The molecule has 0 atom stereocenters. The van der Waals surface area contributed by atoms with Crippen LogP contribution in [0.4, 0.5) is 0 Å². The number of nitrogens with zero attached hydrogens (tertiary/aromatic N) is 3. The van der Waals surface area contributed by atoms with Crippen LogP contribution in [0.15, 0.2) is 10.4 Å². The predicted molar refractivity (Wildman–Crippen MR) is 102 cm³/mol. The quantitative estimate of drug-likeness (QED) is 0.458. The van der Waals surface area contributed by atoms with Crippen LogP contribution < -0.4 is 5.32 Å². The van der Waals surface area contributed by atoms with Gasteiger partial charge >= 0.3 is 0 Å². The molecule has 0 radical (unpaired) electrons. The fourth-order valence-corrected chi connectivity index (χ4v) is 3.49. The monoisotopic (exact) mass is 422 g/mol. The van der Waals surface area contributed by atoms with Gasteiger partial charge in [0.25, 0.3) is 0 Å². The van der Waals surface area contributed by atoms with Crippen molar-refractivity contribution in [3.63, 3.8) is 0 Å². The van der Waals surface area contributed by atoms with Gasteiger partial charge in [-0.1, -0.05) is 19.8 Å². The molecule has 1 N–H and O–H groups in total. The van der Waals surface area contributed by atoms with Gasteiger partial charge in [-0.15, -0.1) is 35.3 Å². The second kappa shape index (κ2) is 8.31. The highest BCUT2D eigenvalue weighted by Crippen LogP contribution is 2.36. The first-order valence-electron chi connectivity index (χ1n) is 7.35. The highest BCUT2D eigenvalue weighted by molar-refractivity contribution is 14.0. The van der Waals surface area contributed by atoms with E-state index in [1.807, 2.05) is 14.0 Å². The number of aryl methyl sites for hydroxylation is 1. The number of hydrogen-bond acceptors (Lipinski definition) is 3. The van der Waals surface area contributed by atoms with Gasteiger partial charge in [0.1, 0.15) is 0 Å². The molecule has 1 saturated carbocycles. The lowest BCUT2D eigenvalue weighted by Gasteiger charge is -2.28. The molecular formula is C15H27IN4S. The van der Waals surface area contributed by atoms with Crippen LogP contribution in [0.3, 0.4) is 0 Å². The zero-order valence-corrected chi connectivity index (χ0v) is 16.6. The van der Waals surface area contributed by atoms with Gasteiger partial charge in [0.2, 0.25) is 0 Å². The number of halogens is 1. The van der Waals surface area contributed by atoms with Gasteiger partial charge in [-0.2, -0.15) is 0 Å². The molecule has 1 aromatic rings. The zero-order valence-electron chi connectivity index (χ0n) is 13.5. The lowest BCUT2D eigenvalue weighted by molar-refractivity contribution is 0.326. The van der Waals surface area contributed by atoms with E-state index in [1.165, 1.54) is 25.7 Å². The van der Waals surface area contributed by atoms with Crippen molar-refractivity contribution in [3.8, 4) is 0 Å². The minimum atomic E-state index is 0. The number of nitrogens with one attached hydrogen (secondary N) is 1. The molecule has 0 aliphatic heterocycles. The minimum absolute atomic E-state index is 0. The molecule has 0 amide bonds. The number of thiazole rings is 1. The molecular weight excluding hydrogens is 395 g/mol. The van der Waals surface area contributed by atoms with Gasteiger partial charge in [-0.25, -0.2) is 4.98 Å². The van der Waals surface area contributed by atoms with Crippen molar-refractivity contribution in [1.82, 2.24) is 15.2 Å². The fraction of sp³-hybridized carbons (Fsp3) is 0.733. The van der Waals surface area contributed by atoms with Crippen LogP contribution in [0.1, 0.15) is 43.3 Å². The maximum absolute atomic E-state index is 4.51. The summed E-state index contributed by atoms with van der Waals surface area (Å²) in [5.41, 5.74) is 1.55. The second-order valence-electron chi connectivity index (χ2n) is 6.13. The van der Waals surface area contributed by atoms with Gasteiger partial charge in [-0.3, -0.25) is 4.99 Å². The highest BCUT2D eigenvalue weighted by Gasteiger charge is 2.28. The molecule has 0 unspecified atom stereocenters. The Balaban J connectivity index is 0.00000220. The van der Waals surface area contributed by atoms with Crippen LogP contribution in [0.5, 0.6) is 0 Å². The lowest BCUT2D eigenvalue weighted by atomic mass is 9.89. The summed E-state index contributed by atoms with van der Waals surface area (Å²) in [5.74, 6) is 0.962. The summed E-state index contributed by atoms with van der Waals surface area (Å²) in [6, 6.07) is 0. The summed E-state index contributed by atoms with van der Waals surface area (Å²) in [7, 11) is 3.92. The number of guanidine groups is 1. The summed E-state index contributed by atoms with van der Waals surface area (Å²) in [6.07, 6.45) is 5.38. The Morgan fingerprint density at radius 1 is 1.48 bits per heavy atom. The average Bonchev–Trinajstić information content (AvgIpc) is 3.00. The van der Waals surface area contributed by atoms with Crippen molar-refractivity contribution in [3.05, 3.63) is 16.1 Å². The summed E-state index contributed by atoms with van der Waals surface area (Å²) in [6.45, 7) is 6.24. The number of hydrogen-bond donors (Lipinski definition) is 1. The summed E-state index contributed by atoms with van der Waals surface area (Å²) < 4.78 is 0. The van der Waals surface area contributed by atoms with Crippen LogP contribution in [0, 0.1) is 12.3 Å². The van der Waals surface area contributed by atoms with E-state index in [9.17, 15) is 0 Å². The zero-order chi connectivity index (χ0) is 14.6. The smallest absolute Gasteiger partial charge is 0.193 e. The van der Waals surface area contributed by atoms with Crippen LogP contribution in [-0.4, -0.2) is 36.5 Å². The molecule has 1 heterocycles. The topological polar surface area (TPSA) is 40.5 Å². The molecule has 4 nitrogen and oxygen atoms in total. The Kier molecular flexibility index (Phi) is 7.39. The summed E-state index contributed by atoms with van der Waals surface area (Å²) in [4.78, 5) is 11.0. The molecule has 0 saturated heterocycles. The number of aromatic nitrogens is 1. The van der Waals surface area contributed by atoms with E-state index in [0.717, 1.165) is 29.8 Å². The predicted octanol–water partition coefficient (Wildman–Crippen LogP) is 3.66. The number of rotatable bonds is 4. The maximum Gasteiger partial charge on any atom is 0.193 e. The molecule has 0 spiro atoms. The highest BCUT2D eigenvalue weighted by atomic mass is 127. The van der Waals surface area contributed by atoms with E-state index in [1.54, 1.807) is 11.3 Å². The van der Waals surface area contributed by atoms with Crippen molar-refractivity contribution in [1.29, 1.82) is 0 Å². The second-order valence-corrected chi connectivity index (χ2v) is 7.19. The molecule has 21 heavy (non-hydrogen) atoms. The van der Waals surface area contributed by atoms with Crippen LogP contribution in [-0.2, 0) is 6.54 Å². The molecule has 120 valence electrons. The third-order valence-electron chi connectivity index (χ3n) is 4.12. The van der Waals surface area contributed by atoms with E-state index in [4.69, 9.17) is 0 Å². The van der Waals surface area contributed by atoms with Gasteiger partial charge in [0.15, 0.2) is 5.96 Å². The molecule has 1 fully saturated rings. The van der Waals surface area contributed by atoms with Crippen molar-refractivity contribution in [2.24, 2.45) is 10.4 Å². The maximum atomic E-state index is 4.51. The molecule has 1 aromatic heterocycles. The van der Waals surface area contributed by atoms with E-state index in [2.05, 4.69) is 39.5 Å². The summed E-state index contributed by atoms with van der Waals surface area (Å²) >= 11 is 1.70. The van der Waals surface area contributed by atoms with Crippen molar-refractivity contribution < 1.29 is 0 Å². The molecule has 1 aliphatic carbocycles. The fourth-order valence-electron chi connectivity index (χ4n) is 2.88. The Bertz CT molecular complexity index is 466. The Labute approximate surface area is 149 Å². The van der Waals surface area contributed by atoms with Gasteiger partial charge < -0.3 is 10.2 Å². The SMILES string of the molecule is CN=C(NCC1(C)CCCC1)N(C)Cc1csc(C)n1.I. The van der Waals surface area contributed by atoms with Gasteiger partial charge in [0.05, 0.1) is 17.2 Å². The van der Waals surface area contributed by atoms with E-state index in [0.29, 0.717) is 5.41 Å². The van der Waals surface area contributed by atoms with E-state index < -0.39 is 0 Å². The molecule has 0 bridgehead atoms. The largest absolute Gasteiger partial charge is 0.356 e. The van der Waals surface area contributed by atoms with Crippen LogP contribution in [0.25, 0.3) is 0 Å². The molecule has 2 rings (SSSR count). The van der Waals surface area contributed by atoms with E-state index >= 15 is 0 Å². The van der Waals surface area contributed by atoms with Crippen LogP contribution in [0.2, 0.25) is 0 Å². The first-order valence-corrected chi connectivity index (χ1v) is 8.23. The third kappa shape index (κ3) is 5.39. The van der Waals surface area contributed by atoms with Crippen molar-refractivity contribution in [2.45, 2.75) is 46.1 Å². The van der Waals surface area contributed by atoms with Crippen LogP contribution >= 0.6 is 35.3 Å². The van der Waals surface area contributed by atoms with Crippen molar-refractivity contribution >= 4 is 41.3 Å². The first kappa shape index (κ1) is 18.7. The third-order valence-corrected chi connectivity index (χ3v) is 4.95. The molecule has 0 aromatic carbocycles. The van der Waals surface area contributed by atoms with E-state index in [-0.39, 0.29) is 24.0 Å². The lowest BCUT2D eigenvalue weighted by Crippen LogP contribution is -2.42. The van der Waals surface area contributed by atoms with Gasteiger partial charge in [0, 0.05) is 26.0 Å². The Hall–Kier alpha value is -0.370. The van der Waals surface area contributed by atoms with Crippen molar-refractivity contribution in [2.75, 3.05) is 20.6 Å². The first-order chi connectivity index (χ1) is 9.52. The minimum Gasteiger partial charge on any atom is -0.356 e. The average molecular weight is 422 g/mol. The normalized spacial score (nSPS) is 17.4. The standard InChI is InChI=1S/C15H26N4S.HI/c1-12-18-13(10-20-12)9-19(4)14(16-3)17-11-15(2)7-5-6-8-15;/h10H,5-9,11H2,1-4H3,(H,16,17);1H. The number of aliphatic imine (C=N–C) groups is 1. The Morgan fingerprint density at radius 2 is 2.14 bits per heavy atom. The molecule has 1 aliphatic rings. The summed E-state index contributed by atoms with van der Waals surface area (Å²) in [5, 5.41) is 6.77. The van der Waals surface area contributed by atoms with Gasteiger partial charge in [-0.05, 0) is 25.2 Å². The Morgan fingerprint density at radius 3 is 2.67 bits per heavy atom. The molecule has 6 heteroatoms.